The van der Waals surface area contributed by atoms with Crippen molar-refractivity contribution in [3.05, 3.63) is 53.5 Å². The van der Waals surface area contributed by atoms with Crippen LogP contribution in [0.1, 0.15) is 5.69 Å². The minimum atomic E-state index is -0.149. The number of carbonyl (C=O) groups is 1. The van der Waals surface area contributed by atoms with E-state index in [2.05, 4.69) is 27.7 Å². The lowest BCUT2D eigenvalue weighted by Crippen LogP contribution is -2.49. The first kappa shape index (κ1) is 22.9. The molecule has 0 aliphatic carbocycles. The van der Waals surface area contributed by atoms with Gasteiger partial charge in [-0.15, -0.1) is 11.3 Å². The third-order valence-corrected chi connectivity index (χ3v) is 6.47. The molecular formula is C24H28N4O4S. The number of aromatic nitrogens is 1. The number of urea groups is 1. The Morgan fingerprint density at radius 1 is 1.00 bits per heavy atom. The molecule has 8 nitrogen and oxygen atoms in total. The van der Waals surface area contributed by atoms with Crippen LogP contribution in [0.25, 0.3) is 10.6 Å². The van der Waals surface area contributed by atoms with Crippen LogP contribution in [0.4, 0.5) is 10.5 Å². The number of methoxy groups -OCH3 is 3. The van der Waals surface area contributed by atoms with Crippen LogP contribution in [0.15, 0.2) is 47.8 Å². The summed E-state index contributed by atoms with van der Waals surface area (Å²) in [5, 5.41) is 6.09. The highest BCUT2D eigenvalue weighted by molar-refractivity contribution is 7.13. The Labute approximate surface area is 197 Å². The largest absolute Gasteiger partial charge is 0.493 e. The Morgan fingerprint density at radius 3 is 2.27 bits per heavy atom. The van der Waals surface area contributed by atoms with E-state index < -0.39 is 0 Å². The first-order valence-electron chi connectivity index (χ1n) is 10.7. The van der Waals surface area contributed by atoms with Crippen LogP contribution >= 0.6 is 11.3 Å². The van der Waals surface area contributed by atoms with Gasteiger partial charge in [-0.2, -0.15) is 0 Å². The Bertz CT molecular complexity index is 1060. The number of ether oxygens (including phenoxy) is 3. The third kappa shape index (κ3) is 5.37. The van der Waals surface area contributed by atoms with E-state index in [0.717, 1.165) is 35.9 Å². The van der Waals surface area contributed by atoms with Crippen LogP contribution in [0, 0.1) is 0 Å². The van der Waals surface area contributed by atoms with Crippen molar-refractivity contribution in [2.24, 2.45) is 0 Å². The van der Waals surface area contributed by atoms with Crippen LogP contribution < -0.4 is 19.5 Å². The standard InChI is InChI=1S/C24H28N4O4S/c1-30-20-13-18(14-21(31-2)22(20)32-3)26-24(29)28-11-9-27(10-12-28)15-19-16-33-23(25-19)17-7-5-4-6-8-17/h4-8,13-14,16H,9-12,15H2,1-3H3,(H,26,29). The monoisotopic (exact) mass is 468 g/mol. The lowest BCUT2D eigenvalue weighted by molar-refractivity contribution is 0.142. The molecule has 2 amide bonds. The summed E-state index contributed by atoms with van der Waals surface area (Å²) < 4.78 is 16.1. The molecule has 174 valence electrons. The number of thiazole rings is 1. The zero-order valence-electron chi connectivity index (χ0n) is 19.0. The minimum absolute atomic E-state index is 0.149. The van der Waals surface area contributed by atoms with Crippen molar-refractivity contribution in [3.63, 3.8) is 0 Å². The number of amides is 2. The van der Waals surface area contributed by atoms with Gasteiger partial charge < -0.3 is 24.4 Å². The summed E-state index contributed by atoms with van der Waals surface area (Å²) >= 11 is 1.66. The predicted octanol–water partition coefficient (Wildman–Crippen LogP) is 4.19. The molecule has 1 saturated heterocycles. The lowest BCUT2D eigenvalue weighted by Gasteiger charge is -2.34. The number of anilines is 1. The average Bonchev–Trinajstić information content (AvgIpc) is 3.32. The van der Waals surface area contributed by atoms with Gasteiger partial charge in [0, 0.05) is 55.8 Å². The molecule has 2 aromatic carbocycles. The normalized spacial score (nSPS) is 14.1. The maximum Gasteiger partial charge on any atom is 0.321 e. The average molecular weight is 469 g/mol. The molecule has 3 aromatic rings. The summed E-state index contributed by atoms with van der Waals surface area (Å²) in [5.74, 6) is 1.48. The zero-order chi connectivity index (χ0) is 23.2. The highest BCUT2D eigenvalue weighted by Crippen LogP contribution is 2.40. The number of hydrogen-bond donors (Lipinski definition) is 1. The second-order valence-electron chi connectivity index (χ2n) is 7.62. The van der Waals surface area contributed by atoms with Gasteiger partial charge in [0.25, 0.3) is 0 Å². The summed E-state index contributed by atoms with van der Waals surface area (Å²) in [6.07, 6.45) is 0. The fourth-order valence-electron chi connectivity index (χ4n) is 3.79. The quantitative estimate of drug-likeness (QED) is 0.561. The molecule has 9 heteroatoms. The SMILES string of the molecule is COc1cc(NC(=O)N2CCN(Cc3csc(-c4ccccc4)n3)CC2)cc(OC)c1OC. The summed E-state index contributed by atoms with van der Waals surface area (Å²) in [6.45, 7) is 3.66. The molecule has 0 bridgehead atoms. The fourth-order valence-corrected chi connectivity index (χ4v) is 4.60. The number of carbonyl (C=O) groups excluding carboxylic acids is 1. The minimum Gasteiger partial charge on any atom is -0.493 e. The molecule has 1 N–H and O–H groups in total. The Balaban J connectivity index is 1.32. The van der Waals surface area contributed by atoms with Crippen molar-refractivity contribution in [1.82, 2.24) is 14.8 Å². The van der Waals surface area contributed by atoms with Gasteiger partial charge >= 0.3 is 6.03 Å². The number of benzene rings is 2. The molecule has 1 aliphatic rings. The summed E-state index contributed by atoms with van der Waals surface area (Å²) in [5.41, 5.74) is 2.80. The molecule has 1 fully saturated rings. The fraction of sp³-hybridized carbons (Fsp3) is 0.333. The molecular weight excluding hydrogens is 440 g/mol. The van der Waals surface area contributed by atoms with Crippen LogP contribution in [-0.2, 0) is 6.54 Å². The van der Waals surface area contributed by atoms with Crippen molar-refractivity contribution in [2.75, 3.05) is 52.8 Å². The number of hydrogen-bond acceptors (Lipinski definition) is 7. The van der Waals surface area contributed by atoms with Crippen molar-refractivity contribution >= 4 is 23.1 Å². The summed E-state index contributed by atoms with van der Waals surface area (Å²) in [6, 6.07) is 13.5. The first-order chi connectivity index (χ1) is 16.1. The van der Waals surface area contributed by atoms with Gasteiger partial charge in [0.1, 0.15) is 5.01 Å². The molecule has 4 rings (SSSR count). The maximum absolute atomic E-state index is 12.8. The van der Waals surface area contributed by atoms with Gasteiger partial charge in [-0.25, -0.2) is 9.78 Å². The van der Waals surface area contributed by atoms with Gasteiger partial charge in [0.2, 0.25) is 5.75 Å². The van der Waals surface area contributed by atoms with Crippen LogP contribution in [0.5, 0.6) is 17.2 Å². The second-order valence-corrected chi connectivity index (χ2v) is 8.48. The Hall–Kier alpha value is -3.30. The lowest BCUT2D eigenvalue weighted by atomic mass is 10.2. The zero-order valence-corrected chi connectivity index (χ0v) is 19.9. The van der Waals surface area contributed by atoms with Gasteiger partial charge in [0.15, 0.2) is 11.5 Å². The third-order valence-electron chi connectivity index (χ3n) is 5.53. The summed E-state index contributed by atoms with van der Waals surface area (Å²) in [4.78, 5) is 21.7. The first-order valence-corrected chi connectivity index (χ1v) is 11.6. The van der Waals surface area contributed by atoms with E-state index >= 15 is 0 Å². The number of rotatable bonds is 7. The van der Waals surface area contributed by atoms with Crippen molar-refractivity contribution in [3.8, 4) is 27.8 Å². The molecule has 33 heavy (non-hydrogen) atoms. The number of nitrogens with zero attached hydrogens (tertiary/aromatic N) is 3. The molecule has 2 heterocycles. The van der Waals surface area contributed by atoms with Gasteiger partial charge in [0.05, 0.1) is 32.7 Å². The van der Waals surface area contributed by atoms with E-state index in [1.807, 2.05) is 23.1 Å². The molecule has 0 unspecified atom stereocenters. The van der Waals surface area contributed by atoms with Crippen molar-refractivity contribution in [1.29, 1.82) is 0 Å². The topological polar surface area (TPSA) is 76.2 Å². The van der Waals surface area contributed by atoms with Crippen LogP contribution in [0.3, 0.4) is 0 Å². The highest BCUT2D eigenvalue weighted by Gasteiger charge is 2.23. The van der Waals surface area contributed by atoms with E-state index in [4.69, 9.17) is 19.2 Å². The van der Waals surface area contributed by atoms with E-state index in [1.165, 1.54) is 0 Å². The van der Waals surface area contributed by atoms with Gasteiger partial charge in [-0.3, -0.25) is 4.90 Å². The van der Waals surface area contributed by atoms with E-state index in [1.54, 1.807) is 44.8 Å². The Kier molecular flexibility index (Phi) is 7.31. The van der Waals surface area contributed by atoms with E-state index in [9.17, 15) is 4.79 Å². The predicted molar refractivity (Wildman–Crippen MR) is 130 cm³/mol. The Morgan fingerprint density at radius 2 is 1.67 bits per heavy atom. The van der Waals surface area contributed by atoms with E-state index in [0.29, 0.717) is 36.0 Å². The van der Waals surface area contributed by atoms with Gasteiger partial charge in [-0.05, 0) is 0 Å². The highest BCUT2D eigenvalue weighted by atomic mass is 32.1. The van der Waals surface area contributed by atoms with Gasteiger partial charge in [-0.1, -0.05) is 30.3 Å². The molecule has 0 spiro atoms. The smallest absolute Gasteiger partial charge is 0.321 e. The molecule has 0 radical (unpaired) electrons. The molecule has 1 aromatic heterocycles. The molecule has 1 aliphatic heterocycles. The molecule has 0 saturated carbocycles. The number of piperazine rings is 1. The molecule has 0 atom stereocenters. The summed E-state index contributed by atoms with van der Waals surface area (Å²) in [7, 11) is 4.65. The van der Waals surface area contributed by atoms with Crippen molar-refractivity contribution < 1.29 is 19.0 Å². The second kappa shape index (κ2) is 10.5. The maximum atomic E-state index is 12.8. The van der Waals surface area contributed by atoms with Crippen LogP contribution in [0.2, 0.25) is 0 Å². The van der Waals surface area contributed by atoms with Crippen molar-refractivity contribution in [2.45, 2.75) is 6.54 Å². The van der Waals surface area contributed by atoms with Crippen LogP contribution in [-0.4, -0.2) is 68.3 Å². The number of nitrogens with one attached hydrogen (secondary N) is 1. The van der Waals surface area contributed by atoms with E-state index in [-0.39, 0.29) is 6.03 Å².